The number of ether oxygens (including phenoxy) is 1. The summed E-state index contributed by atoms with van der Waals surface area (Å²) < 4.78 is 7.19. The van der Waals surface area contributed by atoms with Crippen molar-refractivity contribution in [2.45, 2.75) is 32.4 Å². The Balaban J connectivity index is 2.33. The maximum absolute atomic E-state index is 11.4. The second-order valence-corrected chi connectivity index (χ2v) is 11.4. The van der Waals surface area contributed by atoms with Gasteiger partial charge in [-0.25, -0.2) is 4.68 Å². The maximum atomic E-state index is 11.4. The third-order valence-electron chi connectivity index (χ3n) is 2.30. The lowest BCUT2D eigenvalue weighted by Gasteiger charge is -2.15. The Labute approximate surface area is 111 Å². The van der Waals surface area contributed by atoms with Crippen molar-refractivity contribution in [1.82, 2.24) is 9.78 Å². The molecule has 6 heteroatoms. The van der Waals surface area contributed by atoms with Crippen LogP contribution in [0.5, 0.6) is 0 Å². The first-order valence-corrected chi connectivity index (χ1v) is 10.4. The number of ketones is 1. The van der Waals surface area contributed by atoms with Crippen LogP contribution in [-0.4, -0.2) is 35.6 Å². The second kappa shape index (κ2) is 6.46. The summed E-state index contributed by atoms with van der Waals surface area (Å²) in [5.74, 6) is 0.0401. The monoisotopic (exact) mass is 318 g/mol. The molecule has 0 radical (unpaired) electrons. The molecule has 0 amide bonds. The lowest BCUT2D eigenvalue weighted by atomic mass is 10.3. The minimum absolute atomic E-state index is 0.0401. The number of hydrogen-bond donors (Lipinski definition) is 0. The minimum Gasteiger partial charge on any atom is -0.360 e. The summed E-state index contributed by atoms with van der Waals surface area (Å²) >= 11 is 3.13. The van der Waals surface area contributed by atoms with E-state index in [1.807, 2.05) is 0 Å². The van der Waals surface area contributed by atoms with Gasteiger partial charge in [0.1, 0.15) is 6.73 Å². The van der Waals surface area contributed by atoms with Gasteiger partial charge >= 0.3 is 0 Å². The second-order valence-electron chi connectivity index (χ2n) is 5.17. The van der Waals surface area contributed by atoms with Crippen LogP contribution in [0.2, 0.25) is 25.7 Å². The molecular formula is C11H19BrN2O2Si. The highest BCUT2D eigenvalue weighted by atomic mass is 79.9. The Bertz CT molecular complexity index is 374. The molecule has 0 fully saturated rings. The Kier molecular flexibility index (Phi) is 5.55. The fourth-order valence-electron chi connectivity index (χ4n) is 1.19. The van der Waals surface area contributed by atoms with Gasteiger partial charge in [-0.1, -0.05) is 35.6 Å². The van der Waals surface area contributed by atoms with Crippen molar-refractivity contribution in [3.05, 3.63) is 18.0 Å². The van der Waals surface area contributed by atoms with Crippen LogP contribution in [0.3, 0.4) is 0 Å². The molecule has 0 N–H and O–H groups in total. The van der Waals surface area contributed by atoms with Crippen molar-refractivity contribution in [2.24, 2.45) is 0 Å². The summed E-state index contributed by atoms with van der Waals surface area (Å²) in [6.45, 7) is 8.13. The van der Waals surface area contributed by atoms with E-state index in [9.17, 15) is 4.79 Å². The largest absolute Gasteiger partial charge is 0.360 e. The predicted molar refractivity (Wildman–Crippen MR) is 74.5 cm³/mol. The zero-order valence-corrected chi connectivity index (χ0v) is 13.2. The Morgan fingerprint density at radius 1 is 1.53 bits per heavy atom. The SMILES string of the molecule is C[Si](C)(C)CCOCn1cc(C(=O)CBr)cn1. The number of rotatable bonds is 7. The molecule has 0 atom stereocenters. The van der Waals surface area contributed by atoms with E-state index in [-0.39, 0.29) is 5.78 Å². The van der Waals surface area contributed by atoms with Gasteiger partial charge in [-0.3, -0.25) is 4.79 Å². The fraction of sp³-hybridized carbons (Fsp3) is 0.636. The van der Waals surface area contributed by atoms with Crippen LogP contribution in [0.15, 0.2) is 12.4 Å². The Hall–Kier alpha value is -0.463. The van der Waals surface area contributed by atoms with Gasteiger partial charge in [-0.15, -0.1) is 0 Å². The lowest BCUT2D eigenvalue weighted by molar-refractivity contribution is 0.0785. The first-order chi connectivity index (χ1) is 7.92. The summed E-state index contributed by atoms with van der Waals surface area (Å²) in [7, 11) is -1.03. The third-order valence-corrected chi connectivity index (χ3v) is 4.51. The molecule has 0 bridgehead atoms. The van der Waals surface area contributed by atoms with E-state index in [4.69, 9.17) is 4.74 Å². The van der Waals surface area contributed by atoms with Crippen LogP contribution in [0, 0.1) is 0 Å². The van der Waals surface area contributed by atoms with Crippen LogP contribution in [0.4, 0.5) is 0 Å². The number of hydrogen-bond acceptors (Lipinski definition) is 3. The molecule has 0 saturated heterocycles. The summed E-state index contributed by atoms with van der Waals surface area (Å²) in [5, 5.41) is 4.41. The Morgan fingerprint density at radius 2 is 2.24 bits per heavy atom. The third kappa shape index (κ3) is 5.61. The van der Waals surface area contributed by atoms with Gasteiger partial charge in [0.25, 0.3) is 0 Å². The summed E-state index contributed by atoms with van der Waals surface area (Å²) in [6, 6.07) is 1.14. The van der Waals surface area contributed by atoms with Crippen LogP contribution in [-0.2, 0) is 11.5 Å². The fourth-order valence-corrected chi connectivity index (χ4v) is 2.27. The minimum atomic E-state index is -1.03. The molecule has 0 aliphatic carbocycles. The van der Waals surface area contributed by atoms with Gasteiger partial charge < -0.3 is 4.74 Å². The molecular weight excluding hydrogens is 300 g/mol. The summed E-state index contributed by atoms with van der Waals surface area (Å²) in [5.41, 5.74) is 0.621. The maximum Gasteiger partial charge on any atom is 0.176 e. The number of aromatic nitrogens is 2. The number of halogens is 1. The molecule has 96 valence electrons. The molecule has 1 heterocycles. The molecule has 1 rings (SSSR count). The van der Waals surface area contributed by atoms with Crippen LogP contribution in [0.25, 0.3) is 0 Å². The lowest BCUT2D eigenvalue weighted by Crippen LogP contribution is -2.22. The van der Waals surface area contributed by atoms with Crippen molar-refractivity contribution in [1.29, 1.82) is 0 Å². The van der Waals surface area contributed by atoms with Crippen molar-refractivity contribution in [3.63, 3.8) is 0 Å². The number of carbonyl (C=O) groups is 1. The van der Waals surface area contributed by atoms with Crippen LogP contribution < -0.4 is 0 Å². The molecule has 0 unspecified atom stereocenters. The number of Topliss-reactive ketones (excluding diaryl/α,β-unsaturated/α-hetero) is 1. The first kappa shape index (κ1) is 14.6. The van der Waals surface area contributed by atoms with E-state index in [2.05, 4.69) is 40.7 Å². The average molecular weight is 319 g/mol. The normalized spacial score (nSPS) is 11.8. The van der Waals surface area contributed by atoms with Gasteiger partial charge in [0.2, 0.25) is 0 Å². The first-order valence-electron chi connectivity index (χ1n) is 5.62. The van der Waals surface area contributed by atoms with Gasteiger partial charge in [0.05, 0.1) is 17.1 Å². The van der Waals surface area contributed by atoms with E-state index in [0.29, 0.717) is 17.6 Å². The summed E-state index contributed by atoms with van der Waals surface area (Å²) in [6.07, 6.45) is 3.30. The van der Waals surface area contributed by atoms with E-state index in [1.54, 1.807) is 17.1 Å². The molecule has 0 saturated carbocycles. The molecule has 4 nitrogen and oxygen atoms in total. The molecule has 0 aliphatic rings. The van der Waals surface area contributed by atoms with Gasteiger partial charge in [0.15, 0.2) is 5.78 Å². The van der Waals surface area contributed by atoms with E-state index >= 15 is 0 Å². The van der Waals surface area contributed by atoms with Crippen molar-refractivity contribution < 1.29 is 9.53 Å². The smallest absolute Gasteiger partial charge is 0.176 e. The zero-order valence-electron chi connectivity index (χ0n) is 10.6. The van der Waals surface area contributed by atoms with E-state index in [1.165, 1.54) is 0 Å². The molecule has 17 heavy (non-hydrogen) atoms. The van der Waals surface area contributed by atoms with Crippen molar-refractivity contribution in [3.8, 4) is 0 Å². The zero-order chi connectivity index (χ0) is 12.9. The molecule has 1 aromatic rings. The van der Waals surface area contributed by atoms with Gasteiger partial charge in [-0.2, -0.15) is 5.10 Å². The quantitative estimate of drug-likeness (QED) is 0.336. The molecule has 0 aliphatic heterocycles. The Morgan fingerprint density at radius 3 is 2.82 bits per heavy atom. The average Bonchev–Trinajstić information content (AvgIpc) is 2.70. The molecule has 1 aromatic heterocycles. The van der Waals surface area contributed by atoms with Gasteiger partial charge in [-0.05, 0) is 6.04 Å². The topological polar surface area (TPSA) is 44.1 Å². The highest BCUT2D eigenvalue weighted by Crippen LogP contribution is 2.08. The van der Waals surface area contributed by atoms with E-state index in [0.717, 1.165) is 12.7 Å². The van der Waals surface area contributed by atoms with E-state index < -0.39 is 8.07 Å². The standard InChI is InChI=1S/C11H19BrN2O2Si/c1-17(2,3)5-4-16-9-14-8-10(7-13-14)11(15)6-12/h7-8H,4-6,9H2,1-3H3. The van der Waals surface area contributed by atoms with Crippen LogP contribution in [0.1, 0.15) is 10.4 Å². The molecule has 0 aromatic carbocycles. The molecule has 0 spiro atoms. The number of carbonyl (C=O) groups excluding carboxylic acids is 1. The number of alkyl halides is 1. The van der Waals surface area contributed by atoms with Crippen LogP contribution >= 0.6 is 15.9 Å². The van der Waals surface area contributed by atoms with Crippen molar-refractivity contribution >= 4 is 29.8 Å². The van der Waals surface area contributed by atoms with Crippen molar-refractivity contribution in [2.75, 3.05) is 11.9 Å². The highest BCUT2D eigenvalue weighted by molar-refractivity contribution is 9.09. The highest BCUT2D eigenvalue weighted by Gasteiger charge is 2.12. The predicted octanol–water partition coefficient (Wildman–Crippen LogP) is 2.77. The number of nitrogens with zero attached hydrogens (tertiary/aromatic N) is 2. The van der Waals surface area contributed by atoms with Gasteiger partial charge in [0, 0.05) is 20.9 Å². The summed E-state index contributed by atoms with van der Waals surface area (Å²) in [4.78, 5) is 11.4.